The summed E-state index contributed by atoms with van der Waals surface area (Å²) < 4.78 is 6.88. The lowest BCUT2D eigenvalue weighted by Crippen LogP contribution is -2.01. The number of aromatic nitrogens is 1. The van der Waals surface area contributed by atoms with Crippen LogP contribution in [-0.4, -0.2) is 15.8 Å². The van der Waals surface area contributed by atoms with Gasteiger partial charge in [-0.1, -0.05) is 0 Å². The molecule has 1 heterocycles. The molecule has 2 rings (SSSR count). The Hall–Kier alpha value is -1.81. The first-order valence-corrected chi connectivity index (χ1v) is 5.77. The molecule has 1 aromatic heterocycles. The highest BCUT2D eigenvalue weighted by atomic mass is 35.5. The molecule has 4 nitrogen and oxygen atoms in total. The molecule has 0 saturated heterocycles. The molecule has 0 aliphatic carbocycles. The van der Waals surface area contributed by atoms with E-state index in [-0.39, 0.29) is 0 Å². The van der Waals surface area contributed by atoms with Gasteiger partial charge in [0.1, 0.15) is 5.75 Å². The quantitative estimate of drug-likeness (QED) is 0.477. The number of carbonyl (C=O) groups is 2. The van der Waals surface area contributed by atoms with Gasteiger partial charge in [-0.3, -0.25) is 9.59 Å². The Labute approximate surface area is 109 Å². The third-order valence-electron chi connectivity index (χ3n) is 2.92. The van der Waals surface area contributed by atoms with Crippen molar-refractivity contribution in [3.8, 4) is 5.75 Å². The van der Waals surface area contributed by atoms with E-state index in [1.54, 1.807) is 18.2 Å². The molecule has 0 atom stereocenters. The van der Waals surface area contributed by atoms with Crippen LogP contribution in [0, 0.1) is 6.92 Å². The molecule has 0 fully saturated rings. The van der Waals surface area contributed by atoms with Crippen molar-refractivity contribution < 1.29 is 14.3 Å². The first-order valence-electron chi connectivity index (χ1n) is 5.39. The molecular formula is C13H12ClNO3. The second-order valence-corrected chi connectivity index (χ2v) is 4.41. The van der Waals surface area contributed by atoms with Gasteiger partial charge in [0.25, 0.3) is 5.24 Å². The number of nitrogens with zero attached hydrogens (tertiary/aromatic N) is 1. The lowest BCUT2D eigenvalue weighted by atomic mass is 10.1. The number of hydrogen-bond acceptors (Lipinski definition) is 3. The standard InChI is InChI=1S/C13H12ClNO3/c1-7-12(13(14)17)10-6-9(18-8(2)16)4-5-11(10)15(7)3/h4-6H,1-3H3. The van der Waals surface area contributed by atoms with Crippen molar-refractivity contribution in [1.82, 2.24) is 4.57 Å². The Kier molecular flexibility index (Phi) is 3.13. The maximum absolute atomic E-state index is 11.5. The Morgan fingerprint density at radius 1 is 1.33 bits per heavy atom. The van der Waals surface area contributed by atoms with Crippen molar-refractivity contribution >= 4 is 33.7 Å². The van der Waals surface area contributed by atoms with E-state index in [1.165, 1.54) is 6.92 Å². The Morgan fingerprint density at radius 2 is 2.00 bits per heavy atom. The molecule has 5 heteroatoms. The van der Waals surface area contributed by atoms with Gasteiger partial charge in [-0.2, -0.15) is 0 Å². The van der Waals surface area contributed by atoms with Crippen molar-refractivity contribution in [1.29, 1.82) is 0 Å². The van der Waals surface area contributed by atoms with Gasteiger partial charge in [-0.25, -0.2) is 0 Å². The van der Waals surface area contributed by atoms with E-state index in [0.29, 0.717) is 16.7 Å². The zero-order chi connectivity index (χ0) is 13.4. The van der Waals surface area contributed by atoms with Gasteiger partial charge >= 0.3 is 5.97 Å². The fourth-order valence-electron chi connectivity index (χ4n) is 2.03. The molecule has 0 N–H and O–H groups in total. The van der Waals surface area contributed by atoms with Gasteiger partial charge < -0.3 is 9.30 Å². The molecule has 18 heavy (non-hydrogen) atoms. The molecule has 1 aromatic carbocycles. The van der Waals surface area contributed by atoms with Crippen LogP contribution in [0.4, 0.5) is 0 Å². The topological polar surface area (TPSA) is 48.3 Å². The van der Waals surface area contributed by atoms with E-state index >= 15 is 0 Å². The average Bonchev–Trinajstić information content (AvgIpc) is 2.50. The van der Waals surface area contributed by atoms with E-state index in [1.807, 2.05) is 18.5 Å². The predicted molar refractivity (Wildman–Crippen MR) is 69.1 cm³/mol. The molecule has 0 radical (unpaired) electrons. The predicted octanol–water partition coefficient (Wildman–Crippen LogP) is 2.79. The van der Waals surface area contributed by atoms with Gasteiger partial charge in [0.2, 0.25) is 0 Å². The fraction of sp³-hybridized carbons (Fsp3) is 0.231. The van der Waals surface area contributed by atoms with Gasteiger partial charge in [0.05, 0.1) is 5.56 Å². The number of hydrogen-bond donors (Lipinski definition) is 0. The van der Waals surface area contributed by atoms with Crippen LogP contribution >= 0.6 is 11.6 Å². The third kappa shape index (κ3) is 1.99. The van der Waals surface area contributed by atoms with Crippen LogP contribution in [0.25, 0.3) is 10.9 Å². The SMILES string of the molecule is CC(=O)Oc1ccc2c(c1)c(C(=O)Cl)c(C)n2C. The summed E-state index contributed by atoms with van der Waals surface area (Å²) in [6, 6.07) is 5.13. The molecule has 94 valence electrons. The molecule has 0 saturated carbocycles. The number of esters is 1. The van der Waals surface area contributed by atoms with Crippen LogP contribution in [0.3, 0.4) is 0 Å². The number of ether oxygens (including phenoxy) is 1. The lowest BCUT2D eigenvalue weighted by molar-refractivity contribution is -0.131. The third-order valence-corrected chi connectivity index (χ3v) is 3.11. The van der Waals surface area contributed by atoms with E-state index in [4.69, 9.17) is 16.3 Å². The van der Waals surface area contributed by atoms with E-state index in [0.717, 1.165) is 11.2 Å². The first kappa shape index (κ1) is 12.6. The van der Waals surface area contributed by atoms with Crippen LogP contribution in [0.15, 0.2) is 18.2 Å². The van der Waals surface area contributed by atoms with Gasteiger partial charge in [0, 0.05) is 30.6 Å². The summed E-state index contributed by atoms with van der Waals surface area (Å²) in [4.78, 5) is 22.4. The Balaban J connectivity index is 2.71. The molecule has 0 aliphatic rings. The molecule has 0 spiro atoms. The normalized spacial score (nSPS) is 10.7. The van der Waals surface area contributed by atoms with Crippen LogP contribution in [0.5, 0.6) is 5.75 Å². The highest BCUT2D eigenvalue weighted by molar-refractivity contribution is 6.68. The van der Waals surface area contributed by atoms with Gasteiger partial charge in [-0.15, -0.1) is 0 Å². The average molecular weight is 266 g/mol. The minimum atomic E-state index is -0.516. The zero-order valence-corrected chi connectivity index (χ0v) is 11.0. The molecule has 0 unspecified atom stereocenters. The van der Waals surface area contributed by atoms with Crippen molar-refractivity contribution in [3.05, 3.63) is 29.5 Å². The van der Waals surface area contributed by atoms with Crippen LogP contribution in [0.1, 0.15) is 23.0 Å². The number of carbonyl (C=O) groups excluding carboxylic acids is 2. The van der Waals surface area contributed by atoms with Gasteiger partial charge in [0.15, 0.2) is 0 Å². The minimum Gasteiger partial charge on any atom is -0.427 e. The van der Waals surface area contributed by atoms with Crippen molar-refractivity contribution in [2.75, 3.05) is 0 Å². The lowest BCUT2D eigenvalue weighted by Gasteiger charge is -2.02. The highest BCUT2D eigenvalue weighted by Crippen LogP contribution is 2.29. The second kappa shape index (κ2) is 4.46. The molecule has 0 amide bonds. The number of fused-ring (bicyclic) bond motifs is 1. The van der Waals surface area contributed by atoms with E-state index in [2.05, 4.69) is 0 Å². The summed E-state index contributed by atoms with van der Waals surface area (Å²) in [6.07, 6.45) is 0. The second-order valence-electron chi connectivity index (χ2n) is 4.07. The summed E-state index contributed by atoms with van der Waals surface area (Å²) in [7, 11) is 1.85. The smallest absolute Gasteiger partial charge is 0.308 e. The fourth-order valence-corrected chi connectivity index (χ4v) is 2.27. The van der Waals surface area contributed by atoms with Crippen LogP contribution in [0.2, 0.25) is 0 Å². The number of halogens is 1. The molecule has 2 aromatic rings. The van der Waals surface area contributed by atoms with Crippen LogP contribution in [-0.2, 0) is 11.8 Å². The Bertz CT molecular complexity index is 658. The minimum absolute atomic E-state index is 0.402. The Morgan fingerprint density at radius 3 is 2.56 bits per heavy atom. The summed E-state index contributed by atoms with van der Waals surface area (Å²) in [5.41, 5.74) is 2.10. The zero-order valence-electron chi connectivity index (χ0n) is 10.3. The number of rotatable bonds is 2. The van der Waals surface area contributed by atoms with E-state index < -0.39 is 11.2 Å². The molecular weight excluding hydrogens is 254 g/mol. The first-order chi connectivity index (χ1) is 8.41. The highest BCUT2D eigenvalue weighted by Gasteiger charge is 2.17. The largest absolute Gasteiger partial charge is 0.427 e. The van der Waals surface area contributed by atoms with Crippen molar-refractivity contribution in [3.63, 3.8) is 0 Å². The molecule has 0 bridgehead atoms. The maximum atomic E-state index is 11.5. The summed E-state index contributed by atoms with van der Waals surface area (Å²) >= 11 is 5.60. The number of aryl methyl sites for hydroxylation is 1. The monoisotopic (exact) mass is 265 g/mol. The number of benzene rings is 1. The van der Waals surface area contributed by atoms with Crippen molar-refractivity contribution in [2.24, 2.45) is 7.05 Å². The van der Waals surface area contributed by atoms with Crippen LogP contribution < -0.4 is 4.74 Å². The summed E-state index contributed by atoms with van der Waals surface area (Å²) in [6.45, 7) is 3.15. The van der Waals surface area contributed by atoms with Gasteiger partial charge in [-0.05, 0) is 36.7 Å². The summed E-state index contributed by atoms with van der Waals surface area (Å²) in [5.74, 6) is 0.000481. The van der Waals surface area contributed by atoms with E-state index in [9.17, 15) is 9.59 Å². The van der Waals surface area contributed by atoms with Crippen molar-refractivity contribution in [2.45, 2.75) is 13.8 Å². The summed E-state index contributed by atoms with van der Waals surface area (Å²) in [5, 5.41) is 0.173. The molecule has 0 aliphatic heterocycles. The maximum Gasteiger partial charge on any atom is 0.308 e.